The van der Waals surface area contributed by atoms with E-state index in [2.05, 4.69) is 10.1 Å². The highest BCUT2D eigenvalue weighted by Gasteiger charge is 2.41. The molecule has 0 bridgehead atoms. The normalized spacial score (nSPS) is 24.0. The van der Waals surface area contributed by atoms with Crippen molar-refractivity contribution in [3.05, 3.63) is 11.7 Å². The molecule has 0 saturated carbocycles. The summed E-state index contributed by atoms with van der Waals surface area (Å²) in [6.07, 6.45) is 0. The molecule has 1 aliphatic heterocycles. The highest BCUT2D eigenvalue weighted by atomic mass is 32.2. The molecule has 0 radical (unpaired) electrons. The summed E-state index contributed by atoms with van der Waals surface area (Å²) in [6.45, 7) is 3.35. The Morgan fingerprint density at radius 1 is 1.59 bits per heavy atom. The molecule has 2 heterocycles. The molecule has 1 saturated heterocycles. The zero-order valence-corrected chi connectivity index (χ0v) is 10.1. The van der Waals surface area contributed by atoms with Gasteiger partial charge in [-0.05, 0) is 6.92 Å². The number of aryl methyl sites for hydroxylation is 1. The average Bonchev–Trinajstić information content (AvgIpc) is 2.83. The molecular formula is C9H11N3O4S. The number of carboxylic acids is 1. The molecule has 2 unspecified atom stereocenters. The Hall–Kier alpha value is -1.57. The molecule has 92 valence electrons. The van der Waals surface area contributed by atoms with Crippen LogP contribution in [0.2, 0.25) is 0 Å². The lowest BCUT2D eigenvalue weighted by Crippen LogP contribution is -2.45. The first-order valence-electron chi connectivity index (χ1n) is 4.98. The van der Waals surface area contributed by atoms with E-state index in [9.17, 15) is 9.59 Å². The molecule has 0 spiro atoms. The van der Waals surface area contributed by atoms with E-state index in [0.29, 0.717) is 5.75 Å². The molecule has 0 aliphatic carbocycles. The van der Waals surface area contributed by atoms with Crippen LogP contribution in [0.4, 0.5) is 0 Å². The second kappa shape index (κ2) is 4.36. The molecule has 1 aromatic rings. The molecule has 17 heavy (non-hydrogen) atoms. The molecular weight excluding hydrogens is 246 g/mol. The maximum atomic E-state index is 12.0. The van der Waals surface area contributed by atoms with Crippen LogP contribution in [-0.2, 0) is 4.79 Å². The summed E-state index contributed by atoms with van der Waals surface area (Å²) < 4.78 is 4.71. The highest BCUT2D eigenvalue weighted by molar-refractivity contribution is 8.00. The van der Waals surface area contributed by atoms with Crippen LogP contribution in [-0.4, -0.2) is 49.2 Å². The number of carbonyl (C=O) groups is 2. The van der Waals surface area contributed by atoms with Gasteiger partial charge >= 0.3 is 5.97 Å². The monoisotopic (exact) mass is 257 g/mol. The van der Waals surface area contributed by atoms with Crippen molar-refractivity contribution >= 4 is 23.6 Å². The molecule has 2 rings (SSSR count). The van der Waals surface area contributed by atoms with Crippen molar-refractivity contribution in [2.45, 2.75) is 25.3 Å². The Kier molecular flexibility index (Phi) is 3.05. The van der Waals surface area contributed by atoms with Crippen LogP contribution in [0, 0.1) is 6.92 Å². The van der Waals surface area contributed by atoms with Crippen molar-refractivity contribution in [2.75, 3.05) is 5.75 Å². The van der Waals surface area contributed by atoms with Crippen molar-refractivity contribution < 1.29 is 19.2 Å². The molecule has 0 aromatic carbocycles. The van der Waals surface area contributed by atoms with Gasteiger partial charge in [0.25, 0.3) is 11.7 Å². The number of thioether (sulfide) groups is 1. The van der Waals surface area contributed by atoms with Crippen LogP contribution in [0.25, 0.3) is 0 Å². The van der Waals surface area contributed by atoms with Gasteiger partial charge < -0.3 is 14.5 Å². The Balaban J connectivity index is 2.25. The van der Waals surface area contributed by atoms with E-state index in [1.807, 2.05) is 0 Å². The molecule has 1 aromatic heterocycles. The van der Waals surface area contributed by atoms with Gasteiger partial charge in [0.2, 0.25) is 5.89 Å². The van der Waals surface area contributed by atoms with Gasteiger partial charge in [0.15, 0.2) is 0 Å². The standard InChI is InChI=1S/C9H11N3O4S/c1-4-10-7(11-16-4)8(13)12-5(2)17-3-6(12)9(14)15/h5-6H,3H2,1-2H3,(H,14,15). The van der Waals surface area contributed by atoms with Crippen molar-refractivity contribution in [1.82, 2.24) is 15.0 Å². The fourth-order valence-corrected chi connectivity index (χ4v) is 2.81. The zero-order valence-electron chi connectivity index (χ0n) is 9.28. The maximum Gasteiger partial charge on any atom is 0.327 e. The Morgan fingerprint density at radius 2 is 2.29 bits per heavy atom. The first-order chi connectivity index (χ1) is 8.00. The minimum atomic E-state index is -1.02. The van der Waals surface area contributed by atoms with Gasteiger partial charge in [-0.15, -0.1) is 11.8 Å². The molecule has 1 N–H and O–H groups in total. The van der Waals surface area contributed by atoms with E-state index in [1.54, 1.807) is 13.8 Å². The summed E-state index contributed by atoms with van der Waals surface area (Å²) in [6, 6.07) is -0.832. The van der Waals surface area contributed by atoms with Gasteiger partial charge in [-0.3, -0.25) is 4.79 Å². The molecule has 1 aliphatic rings. The first kappa shape index (κ1) is 11.9. The predicted molar refractivity (Wildman–Crippen MR) is 58.5 cm³/mol. The lowest BCUT2D eigenvalue weighted by molar-refractivity contribution is -0.141. The molecule has 1 fully saturated rings. The average molecular weight is 257 g/mol. The van der Waals surface area contributed by atoms with E-state index >= 15 is 0 Å². The highest BCUT2D eigenvalue weighted by Crippen LogP contribution is 2.29. The van der Waals surface area contributed by atoms with Gasteiger partial charge in [0.1, 0.15) is 6.04 Å². The topological polar surface area (TPSA) is 96.5 Å². The van der Waals surface area contributed by atoms with Crippen LogP contribution in [0.1, 0.15) is 23.4 Å². The predicted octanol–water partition coefficient (Wildman–Crippen LogP) is 0.366. The van der Waals surface area contributed by atoms with E-state index in [0.717, 1.165) is 0 Å². The lowest BCUT2D eigenvalue weighted by Gasteiger charge is -2.23. The van der Waals surface area contributed by atoms with Crippen LogP contribution in [0.5, 0.6) is 0 Å². The molecule has 7 nitrogen and oxygen atoms in total. The summed E-state index contributed by atoms with van der Waals surface area (Å²) >= 11 is 1.41. The van der Waals surface area contributed by atoms with E-state index in [-0.39, 0.29) is 17.1 Å². The third kappa shape index (κ3) is 2.12. The van der Waals surface area contributed by atoms with Crippen LogP contribution in [0.3, 0.4) is 0 Å². The van der Waals surface area contributed by atoms with Crippen LogP contribution < -0.4 is 0 Å². The number of amides is 1. The van der Waals surface area contributed by atoms with Gasteiger partial charge in [0.05, 0.1) is 5.37 Å². The number of hydrogen-bond acceptors (Lipinski definition) is 6. The number of aliphatic carboxylic acids is 1. The minimum absolute atomic E-state index is 0.0944. The summed E-state index contributed by atoms with van der Waals surface area (Å²) in [7, 11) is 0. The summed E-state index contributed by atoms with van der Waals surface area (Å²) in [5.74, 6) is -0.969. The van der Waals surface area contributed by atoms with Crippen molar-refractivity contribution in [3.8, 4) is 0 Å². The minimum Gasteiger partial charge on any atom is -0.480 e. The largest absolute Gasteiger partial charge is 0.480 e. The van der Waals surface area contributed by atoms with Crippen LogP contribution in [0.15, 0.2) is 4.52 Å². The number of rotatable bonds is 2. The van der Waals surface area contributed by atoms with Crippen molar-refractivity contribution in [3.63, 3.8) is 0 Å². The smallest absolute Gasteiger partial charge is 0.327 e. The third-order valence-corrected chi connectivity index (χ3v) is 3.68. The Labute approximate surface area is 101 Å². The molecule has 1 amide bonds. The number of carbonyl (C=O) groups excluding carboxylic acids is 1. The van der Waals surface area contributed by atoms with Crippen LogP contribution >= 0.6 is 11.8 Å². The quantitative estimate of drug-likeness (QED) is 0.817. The zero-order chi connectivity index (χ0) is 12.6. The SMILES string of the molecule is Cc1nc(C(=O)N2C(C)SCC2C(=O)O)no1. The number of nitrogens with zero attached hydrogens (tertiary/aromatic N) is 3. The van der Waals surface area contributed by atoms with Gasteiger partial charge in [-0.1, -0.05) is 5.16 Å². The Morgan fingerprint density at radius 3 is 2.82 bits per heavy atom. The van der Waals surface area contributed by atoms with Gasteiger partial charge in [0, 0.05) is 12.7 Å². The lowest BCUT2D eigenvalue weighted by atomic mass is 10.2. The van der Waals surface area contributed by atoms with E-state index < -0.39 is 17.9 Å². The van der Waals surface area contributed by atoms with E-state index in [4.69, 9.17) is 9.63 Å². The first-order valence-corrected chi connectivity index (χ1v) is 6.03. The van der Waals surface area contributed by atoms with Gasteiger partial charge in [-0.2, -0.15) is 4.98 Å². The summed E-state index contributed by atoms with van der Waals surface area (Å²) in [4.78, 5) is 28.2. The Bertz CT molecular complexity index is 461. The number of aromatic nitrogens is 2. The second-order valence-corrected chi connectivity index (χ2v) is 4.98. The third-order valence-electron chi connectivity index (χ3n) is 2.46. The fraction of sp³-hybridized carbons (Fsp3) is 0.556. The molecule has 8 heteroatoms. The number of carboxylic acid groups (broad SMARTS) is 1. The van der Waals surface area contributed by atoms with Crippen molar-refractivity contribution in [2.24, 2.45) is 0 Å². The second-order valence-electron chi connectivity index (χ2n) is 3.64. The molecule has 2 atom stereocenters. The van der Waals surface area contributed by atoms with Gasteiger partial charge in [-0.25, -0.2) is 4.79 Å². The summed E-state index contributed by atoms with van der Waals surface area (Å²) in [5, 5.41) is 12.3. The number of hydrogen-bond donors (Lipinski definition) is 1. The summed E-state index contributed by atoms with van der Waals surface area (Å²) in [5.41, 5.74) is 0. The van der Waals surface area contributed by atoms with E-state index in [1.165, 1.54) is 16.7 Å². The maximum absolute atomic E-state index is 12.0. The fourth-order valence-electron chi connectivity index (χ4n) is 1.64. The van der Waals surface area contributed by atoms with Crippen molar-refractivity contribution in [1.29, 1.82) is 0 Å².